The first-order chi connectivity index (χ1) is 16.0. The van der Waals surface area contributed by atoms with Crippen LogP contribution in [0, 0.1) is 0 Å². The first kappa shape index (κ1) is 20.9. The minimum absolute atomic E-state index is 0.0271. The van der Waals surface area contributed by atoms with Crippen molar-refractivity contribution in [1.82, 2.24) is 24.9 Å². The van der Waals surface area contributed by atoms with Gasteiger partial charge in [0.1, 0.15) is 5.69 Å². The van der Waals surface area contributed by atoms with E-state index in [4.69, 9.17) is 5.73 Å². The molecule has 1 fully saturated rings. The van der Waals surface area contributed by atoms with Gasteiger partial charge in [0.05, 0.1) is 5.69 Å². The Balaban J connectivity index is 1.35. The van der Waals surface area contributed by atoms with Gasteiger partial charge in [0, 0.05) is 61.4 Å². The Morgan fingerprint density at radius 2 is 1.70 bits per heavy atom. The minimum atomic E-state index is 0.0271. The van der Waals surface area contributed by atoms with Crippen molar-refractivity contribution >= 4 is 28.2 Å². The van der Waals surface area contributed by atoms with Crippen molar-refractivity contribution in [2.75, 3.05) is 30.8 Å². The van der Waals surface area contributed by atoms with E-state index in [1.165, 1.54) is 0 Å². The summed E-state index contributed by atoms with van der Waals surface area (Å²) in [4.78, 5) is 17.0. The van der Waals surface area contributed by atoms with Crippen LogP contribution in [-0.2, 0) is 7.05 Å². The Bertz CT molecular complexity index is 1290. The molecule has 4 aromatic rings. The number of piperidine rings is 1. The molecule has 33 heavy (non-hydrogen) atoms. The lowest BCUT2D eigenvalue weighted by molar-refractivity contribution is 0.0709. The summed E-state index contributed by atoms with van der Waals surface area (Å²) in [6, 6.07) is 17.5. The molecule has 2 aromatic carbocycles. The summed E-state index contributed by atoms with van der Waals surface area (Å²) in [7, 11) is 3.80. The van der Waals surface area contributed by atoms with Crippen molar-refractivity contribution < 1.29 is 4.79 Å². The second kappa shape index (κ2) is 8.54. The molecule has 0 saturated carbocycles. The lowest BCUT2D eigenvalue weighted by Crippen LogP contribution is -2.46. The second-order valence-corrected chi connectivity index (χ2v) is 8.51. The highest BCUT2D eigenvalue weighted by Gasteiger charge is 2.28. The number of aromatic nitrogens is 4. The van der Waals surface area contributed by atoms with Crippen molar-refractivity contribution in [1.29, 1.82) is 0 Å². The van der Waals surface area contributed by atoms with Gasteiger partial charge in [-0.25, -0.2) is 0 Å². The number of amides is 1. The average Bonchev–Trinajstić information content (AvgIpc) is 3.28. The zero-order chi connectivity index (χ0) is 22.9. The van der Waals surface area contributed by atoms with Crippen molar-refractivity contribution in [3.63, 3.8) is 0 Å². The average molecular weight is 442 g/mol. The zero-order valence-electron chi connectivity index (χ0n) is 18.8. The largest absolute Gasteiger partial charge is 0.399 e. The molecule has 1 amide bonds. The first-order valence-electron chi connectivity index (χ1n) is 11.1. The van der Waals surface area contributed by atoms with E-state index in [9.17, 15) is 4.79 Å². The van der Waals surface area contributed by atoms with Gasteiger partial charge in [-0.15, -0.1) is 10.2 Å². The maximum atomic E-state index is 12.9. The smallest absolute Gasteiger partial charge is 0.253 e. The van der Waals surface area contributed by atoms with E-state index in [1.54, 1.807) is 30.5 Å². The highest BCUT2D eigenvalue weighted by Crippen LogP contribution is 2.32. The Kier molecular flexibility index (Phi) is 5.42. The molecular formula is C25H27N7O. The summed E-state index contributed by atoms with van der Waals surface area (Å²) in [6.07, 6.45) is 3.51. The van der Waals surface area contributed by atoms with E-state index in [-0.39, 0.29) is 11.9 Å². The number of nitrogens with zero attached hydrogens (tertiary/aromatic N) is 6. The van der Waals surface area contributed by atoms with Crippen LogP contribution in [-0.4, -0.2) is 57.0 Å². The number of nitrogens with two attached hydrogens (primary N) is 1. The van der Waals surface area contributed by atoms with Crippen LogP contribution in [0.15, 0.2) is 60.8 Å². The second-order valence-electron chi connectivity index (χ2n) is 8.51. The van der Waals surface area contributed by atoms with E-state index in [2.05, 4.69) is 32.3 Å². The summed E-state index contributed by atoms with van der Waals surface area (Å²) in [5, 5.41) is 15.6. The lowest BCUT2D eigenvalue weighted by Gasteiger charge is -2.37. The Morgan fingerprint density at radius 1 is 1.00 bits per heavy atom. The standard InChI is InChI=1S/C25H27N7O/c1-30(25(33)17-7-9-18(26)10-8-17)19-12-15-32(16-13-19)24-21-6-4-3-5-20(21)23(28-29-24)22-11-14-27-31(22)2/h3-11,14,19H,12-13,15-16,26H2,1-2H3. The first-order valence-corrected chi connectivity index (χ1v) is 11.1. The van der Waals surface area contributed by atoms with Gasteiger partial charge < -0.3 is 15.5 Å². The maximum Gasteiger partial charge on any atom is 0.253 e. The third-order valence-corrected chi connectivity index (χ3v) is 6.52. The van der Waals surface area contributed by atoms with E-state index in [0.29, 0.717) is 11.3 Å². The van der Waals surface area contributed by atoms with Gasteiger partial charge in [-0.1, -0.05) is 24.3 Å². The van der Waals surface area contributed by atoms with E-state index in [1.807, 2.05) is 41.9 Å². The van der Waals surface area contributed by atoms with E-state index < -0.39 is 0 Å². The molecule has 0 spiro atoms. The van der Waals surface area contributed by atoms with Gasteiger partial charge in [-0.2, -0.15) is 5.10 Å². The number of carbonyl (C=O) groups excluding carboxylic acids is 1. The fraction of sp³-hybridized carbons (Fsp3) is 0.280. The topological polar surface area (TPSA) is 93.2 Å². The number of anilines is 2. The van der Waals surface area contributed by atoms with E-state index in [0.717, 1.165) is 53.9 Å². The van der Waals surface area contributed by atoms with Crippen LogP contribution in [0.3, 0.4) is 0 Å². The number of hydrogen-bond acceptors (Lipinski definition) is 6. The van der Waals surface area contributed by atoms with Crippen molar-refractivity contribution in [3.05, 3.63) is 66.4 Å². The molecule has 1 aliphatic heterocycles. The molecule has 1 saturated heterocycles. The normalized spacial score (nSPS) is 14.5. The predicted molar refractivity (Wildman–Crippen MR) is 130 cm³/mol. The maximum absolute atomic E-state index is 12.9. The Hall–Kier alpha value is -3.94. The summed E-state index contributed by atoms with van der Waals surface area (Å²) in [5.41, 5.74) is 8.84. The molecule has 0 radical (unpaired) electrons. The van der Waals surface area contributed by atoms with E-state index >= 15 is 0 Å². The summed E-state index contributed by atoms with van der Waals surface area (Å²) < 4.78 is 1.82. The van der Waals surface area contributed by atoms with Crippen LogP contribution in [0.25, 0.3) is 22.2 Å². The molecule has 0 atom stereocenters. The number of rotatable bonds is 4. The molecule has 0 unspecified atom stereocenters. The molecule has 2 aromatic heterocycles. The molecule has 5 rings (SSSR count). The molecule has 3 heterocycles. The lowest BCUT2D eigenvalue weighted by atomic mass is 10.0. The highest BCUT2D eigenvalue weighted by atomic mass is 16.2. The van der Waals surface area contributed by atoms with Gasteiger partial charge in [-0.3, -0.25) is 9.48 Å². The summed E-state index contributed by atoms with van der Waals surface area (Å²) in [5.74, 6) is 0.918. The zero-order valence-corrected chi connectivity index (χ0v) is 18.8. The number of aryl methyl sites for hydroxylation is 1. The van der Waals surface area contributed by atoms with Crippen molar-refractivity contribution in [2.45, 2.75) is 18.9 Å². The third-order valence-electron chi connectivity index (χ3n) is 6.52. The van der Waals surface area contributed by atoms with Gasteiger partial charge in [0.15, 0.2) is 5.82 Å². The third kappa shape index (κ3) is 3.88. The molecule has 8 heteroatoms. The summed E-state index contributed by atoms with van der Waals surface area (Å²) >= 11 is 0. The van der Waals surface area contributed by atoms with Gasteiger partial charge >= 0.3 is 0 Å². The number of carbonyl (C=O) groups is 1. The molecule has 2 N–H and O–H groups in total. The highest BCUT2D eigenvalue weighted by molar-refractivity contribution is 6.00. The van der Waals surface area contributed by atoms with Crippen LogP contribution in [0.1, 0.15) is 23.2 Å². The number of fused-ring (bicyclic) bond motifs is 1. The quantitative estimate of drug-likeness (QED) is 0.488. The van der Waals surface area contributed by atoms with Crippen molar-refractivity contribution in [3.8, 4) is 11.4 Å². The fourth-order valence-electron chi connectivity index (χ4n) is 4.58. The molecule has 0 bridgehead atoms. The Morgan fingerprint density at radius 3 is 2.36 bits per heavy atom. The number of benzene rings is 2. The SMILES string of the molecule is CN(C(=O)c1ccc(N)cc1)C1CCN(c2nnc(-c3ccnn3C)c3ccccc23)CC1. The Labute approximate surface area is 192 Å². The summed E-state index contributed by atoms with van der Waals surface area (Å²) in [6.45, 7) is 1.63. The van der Waals surface area contributed by atoms with Crippen LogP contribution < -0.4 is 10.6 Å². The van der Waals surface area contributed by atoms with Gasteiger partial charge in [-0.05, 0) is 43.2 Å². The van der Waals surface area contributed by atoms with Crippen LogP contribution in [0.5, 0.6) is 0 Å². The van der Waals surface area contributed by atoms with Gasteiger partial charge in [0.2, 0.25) is 0 Å². The monoisotopic (exact) mass is 441 g/mol. The fourth-order valence-corrected chi connectivity index (χ4v) is 4.58. The molecule has 168 valence electrons. The van der Waals surface area contributed by atoms with Crippen LogP contribution >= 0.6 is 0 Å². The molecular weight excluding hydrogens is 414 g/mol. The van der Waals surface area contributed by atoms with Crippen LogP contribution in [0.4, 0.5) is 11.5 Å². The minimum Gasteiger partial charge on any atom is -0.399 e. The van der Waals surface area contributed by atoms with Gasteiger partial charge in [0.25, 0.3) is 5.91 Å². The number of hydrogen-bond donors (Lipinski definition) is 1. The molecule has 1 aliphatic rings. The molecule has 0 aliphatic carbocycles. The number of nitrogen functional groups attached to an aromatic ring is 1. The van der Waals surface area contributed by atoms with Crippen molar-refractivity contribution in [2.24, 2.45) is 7.05 Å². The predicted octanol–water partition coefficient (Wildman–Crippen LogP) is 3.35. The van der Waals surface area contributed by atoms with Crippen LogP contribution in [0.2, 0.25) is 0 Å². The molecule has 8 nitrogen and oxygen atoms in total.